The predicted molar refractivity (Wildman–Crippen MR) is 122 cm³/mol. The van der Waals surface area contributed by atoms with Gasteiger partial charge in [0, 0.05) is 34.5 Å². The monoisotopic (exact) mass is 420 g/mol. The number of carbonyl (C=O) groups is 2. The van der Waals surface area contributed by atoms with E-state index in [1.807, 2.05) is 6.07 Å². The van der Waals surface area contributed by atoms with Crippen LogP contribution in [0.4, 0.5) is 0 Å². The molecule has 1 aromatic rings. The van der Waals surface area contributed by atoms with Crippen molar-refractivity contribution in [3.05, 3.63) is 53.1 Å². The topological polar surface area (TPSA) is 34.1 Å². The van der Waals surface area contributed by atoms with Gasteiger partial charge in [0.15, 0.2) is 5.78 Å². The first-order valence-electron chi connectivity index (χ1n) is 11.5. The van der Waals surface area contributed by atoms with Gasteiger partial charge < -0.3 is 0 Å². The highest BCUT2D eigenvalue weighted by atomic mass is 32.2. The Kier molecular flexibility index (Phi) is 4.89. The molecule has 4 aliphatic rings. The lowest BCUT2D eigenvalue weighted by atomic mass is 9.48. The van der Waals surface area contributed by atoms with E-state index in [0.29, 0.717) is 35.7 Å². The molecule has 0 unspecified atom stereocenters. The summed E-state index contributed by atoms with van der Waals surface area (Å²) in [7, 11) is 0. The maximum absolute atomic E-state index is 13.1. The van der Waals surface area contributed by atoms with Crippen molar-refractivity contribution in [2.24, 2.45) is 28.6 Å². The Morgan fingerprint density at radius 1 is 0.967 bits per heavy atom. The van der Waals surface area contributed by atoms with Gasteiger partial charge in [-0.2, -0.15) is 0 Å². The lowest BCUT2D eigenvalue weighted by molar-refractivity contribution is -0.130. The molecule has 0 saturated heterocycles. The molecular formula is C27H32O2S. The molecule has 30 heavy (non-hydrogen) atoms. The average Bonchev–Trinajstić information content (AvgIpc) is 3.04. The van der Waals surface area contributed by atoms with Gasteiger partial charge in [0.25, 0.3) is 0 Å². The second-order valence-corrected chi connectivity index (χ2v) is 11.4. The van der Waals surface area contributed by atoms with E-state index in [4.69, 9.17) is 0 Å². The van der Waals surface area contributed by atoms with Gasteiger partial charge in [-0.25, -0.2) is 0 Å². The number of Topliss-reactive ketones (excluding diaryl/α,β-unsaturated/α-hetero) is 2. The standard InChI is InChI=1S/C27H32O2S/c1-17-15-19-21-9-10-24(29)26(21,2)13-11-22(19)27(3)14-12-23(28)20(25(17)27)16-30-18-7-5-4-6-8-18/h4-8,15,19,21-22H,9-14,16H2,1-3H3/t19-,21-,22-,26-,27+/m0/s1. The van der Waals surface area contributed by atoms with E-state index in [0.717, 1.165) is 43.4 Å². The molecule has 158 valence electrons. The third kappa shape index (κ3) is 2.92. The van der Waals surface area contributed by atoms with Gasteiger partial charge in [-0.1, -0.05) is 43.7 Å². The lowest BCUT2D eigenvalue weighted by Gasteiger charge is -2.56. The highest BCUT2D eigenvalue weighted by molar-refractivity contribution is 7.99. The van der Waals surface area contributed by atoms with Crippen LogP contribution in [0.1, 0.15) is 59.3 Å². The molecule has 1 aromatic carbocycles. The molecule has 5 rings (SSSR count). The summed E-state index contributed by atoms with van der Waals surface area (Å²) in [5.41, 5.74) is 3.65. The number of rotatable bonds is 3. The van der Waals surface area contributed by atoms with E-state index in [1.165, 1.54) is 16.0 Å². The molecule has 2 saturated carbocycles. The van der Waals surface area contributed by atoms with Crippen molar-refractivity contribution in [3.8, 4) is 0 Å². The van der Waals surface area contributed by atoms with Crippen LogP contribution in [0, 0.1) is 28.6 Å². The fourth-order valence-electron chi connectivity index (χ4n) is 7.33. The number of fused-ring (bicyclic) bond motifs is 5. The first-order chi connectivity index (χ1) is 14.3. The van der Waals surface area contributed by atoms with Crippen molar-refractivity contribution in [1.29, 1.82) is 0 Å². The normalized spacial score (nSPS) is 38.1. The van der Waals surface area contributed by atoms with E-state index in [-0.39, 0.29) is 10.8 Å². The maximum Gasteiger partial charge on any atom is 0.160 e. The highest BCUT2D eigenvalue weighted by Gasteiger charge is 2.59. The first kappa shape index (κ1) is 20.3. The summed E-state index contributed by atoms with van der Waals surface area (Å²) < 4.78 is 0. The Hall–Kier alpha value is -1.61. The fraction of sp³-hybridized carbons (Fsp3) is 0.556. The molecule has 0 N–H and O–H groups in total. The lowest BCUT2D eigenvalue weighted by Crippen LogP contribution is -2.50. The number of hydrogen-bond acceptors (Lipinski definition) is 3. The van der Waals surface area contributed by atoms with Gasteiger partial charge in [-0.15, -0.1) is 11.8 Å². The van der Waals surface area contributed by atoms with Crippen molar-refractivity contribution in [1.82, 2.24) is 0 Å². The minimum atomic E-state index is -0.119. The van der Waals surface area contributed by atoms with E-state index in [1.54, 1.807) is 11.8 Å². The van der Waals surface area contributed by atoms with Gasteiger partial charge in [0.2, 0.25) is 0 Å². The Morgan fingerprint density at radius 3 is 2.47 bits per heavy atom. The Bertz CT molecular complexity index is 958. The summed E-state index contributed by atoms with van der Waals surface area (Å²) in [5, 5.41) is 0. The molecule has 0 heterocycles. The molecule has 2 fully saturated rings. The van der Waals surface area contributed by atoms with Crippen LogP contribution in [0.15, 0.2) is 58.0 Å². The summed E-state index contributed by atoms with van der Waals surface area (Å²) in [5.74, 6) is 3.12. The van der Waals surface area contributed by atoms with Crippen LogP contribution < -0.4 is 0 Å². The summed E-state index contributed by atoms with van der Waals surface area (Å²) in [6.45, 7) is 6.88. The quantitative estimate of drug-likeness (QED) is 0.529. The molecule has 0 aliphatic heterocycles. The van der Waals surface area contributed by atoms with Gasteiger partial charge in [-0.05, 0) is 73.5 Å². The molecule has 0 bridgehead atoms. The van der Waals surface area contributed by atoms with Crippen LogP contribution in [0.25, 0.3) is 0 Å². The first-order valence-corrected chi connectivity index (χ1v) is 12.5. The number of allylic oxidation sites excluding steroid dienone is 3. The third-order valence-electron chi connectivity index (χ3n) is 8.90. The molecule has 0 radical (unpaired) electrons. The second kappa shape index (κ2) is 7.22. The SMILES string of the molecule is CC1=C[C@@H]2[C@H](CC[C@]3(C)C(=O)CC[C@@H]23)[C@@]2(C)CCC(=O)C(CSc3ccccc3)=C12. The summed E-state index contributed by atoms with van der Waals surface area (Å²) in [6.07, 6.45) is 8.04. The molecule has 0 spiro atoms. The average molecular weight is 421 g/mol. The number of thioether (sulfide) groups is 1. The van der Waals surface area contributed by atoms with Crippen LogP contribution in [0.5, 0.6) is 0 Å². The number of carbonyl (C=O) groups excluding carboxylic acids is 2. The molecule has 0 amide bonds. The van der Waals surface area contributed by atoms with Crippen molar-refractivity contribution >= 4 is 23.3 Å². The minimum Gasteiger partial charge on any atom is -0.299 e. The zero-order chi connectivity index (χ0) is 21.1. The van der Waals surface area contributed by atoms with Gasteiger partial charge >= 0.3 is 0 Å². The van der Waals surface area contributed by atoms with Crippen molar-refractivity contribution in [3.63, 3.8) is 0 Å². The molecule has 0 aromatic heterocycles. The summed E-state index contributed by atoms with van der Waals surface area (Å²) in [4.78, 5) is 27.0. The van der Waals surface area contributed by atoms with Gasteiger partial charge in [0.05, 0.1) is 0 Å². The van der Waals surface area contributed by atoms with E-state index in [9.17, 15) is 9.59 Å². The minimum absolute atomic E-state index is 0.0664. The second-order valence-electron chi connectivity index (χ2n) is 10.4. The van der Waals surface area contributed by atoms with Gasteiger partial charge in [-0.3, -0.25) is 9.59 Å². The molecular weight excluding hydrogens is 388 g/mol. The summed E-state index contributed by atoms with van der Waals surface area (Å²) in [6, 6.07) is 10.4. The van der Waals surface area contributed by atoms with Crippen molar-refractivity contribution in [2.75, 3.05) is 5.75 Å². The zero-order valence-electron chi connectivity index (χ0n) is 18.4. The van der Waals surface area contributed by atoms with Gasteiger partial charge in [0.1, 0.15) is 5.78 Å². The summed E-state index contributed by atoms with van der Waals surface area (Å²) >= 11 is 1.78. The smallest absolute Gasteiger partial charge is 0.160 e. The third-order valence-corrected chi connectivity index (χ3v) is 9.94. The van der Waals surface area contributed by atoms with Crippen LogP contribution in [-0.4, -0.2) is 17.3 Å². The molecule has 2 nitrogen and oxygen atoms in total. The largest absolute Gasteiger partial charge is 0.299 e. The zero-order valence-corrected chi connectivity index (χ0v) is 19.2. The number of benzene rings is 1. The van der Waals surface area contributed by atoms with Crippen LogP contribution >= 0.6 is 11.8 Å². The number of ketones is 2. The Morgan fingerprint density at radius 2 is 1.70 bits per heavy atom. The Balaban J connectivity index is 1.55. The number of hydrogen-bond donors (Lipinski definition) is 0. The molecule has 5 atom stereocenters. The highest BCUT2D eigenvalue weighted by Crippen LogP contribution is 2.64. The Labute approximate surface area is 184 Å². The molecule has 3 heteroatoms. The van der Waals surface area contributed by atoms with Crippen LogP contribution in [0.2, 0.25) is 0 Å². The van der Waals surface area contributed by atoms with Crippen LogP contribution in [-0.2, 0) is 9.59 Å². The fourth-order valence-corrected chi connectivity index (χ4v) is 8.30. The van der Waals surface area contributed by atoms with E-state index < -0.39 is 0 Å². The predicted octanol–water partition coefficient (Wildman–Crippen LogP) is 6.42. The van der Waals surface area contributed by atoms with E-state index >= 15 is 0 Å². The van der Waals surface area contributed by atoms with Crippen molar-refractivity contribution < 1.29 is 9.59 Å². The molecule has 4 aliphatic carbocycles. The maximum atomic E-state index is 13.1. The van der Waals surface area contributed by atoms with Crippen LogP contribution in [0.3, 0.4) is 0 Å². The van der Waals surface area contributed by atoms with Crippen molar-refractivity contribution in [2.45, 2.75) is 64.2 Å². The van der Waals surface area contributed by atoms with E-state index in [2.05, 4.69) is 51.1 Å².